The maximum Gasteiger partial charge on any atom is 0.338 e. The van der Waals surface area contributed by atoms with Crippen molar-refractivity contribution in [2.75, 3.05) is 26.9 Å². The molecule has 8 heteroatoms. The Morgan fingerprint density at radius 2 is 1.83 bits per heavy atom. The van der Waals surface area contributed by atoms with Crippen LogP contribution in [-0.4, -0.2) is 43.4 Å². The Kier molecular flexibility index (Phi) is 7.37. The molecular weight excluding hydrogens is 404 g/mol. The number of carbonyl (C=O) groups excluding carboxylic acids is 2. The molecule has 1 heterocycles. The van der Waals surface area contributed by atoms with Crippen LogP contribution >= 0.6 is 11.3 Å². The van der Waals surface area contributed by atoms with E-state index in [0.717, 1.165) is 16.0 Å². The molecule has 1 aromatic heterocycles. The van der Waals surface area contributed by atoms with Gasteiger partial charge in [0.1, 0.15) is 5.75 Å². The fourth-order valence-electron chi connectivity index (χ4n) is 3.02. The molecule has 3 rings (SSSR count). The van der Waals surface area contributed by atoms with E-state index in [-0.39, 0.29) is 11.1 Å². The third kappa shape index (κ3) is 4.77. The van der Waals surface area contributed by atoms with Gasteiger partial charge in [0.15, 0.2) is 4.80 Å². The zero-order valence-corrected chi connectivity index (χ0v) is 18.0. The summed E-state index contributed by atoms with van der Waals surface area (Å²) in [7, 11) is 1.28. The minimum Gasteiger partial charge on any atom is -0.494 e. The van der Waals surface area contributed by atoms with Crippen LogP contribution in [0.15, 0.2) is 47.5 Å². The summed E-state index contributed by atoms with van der Waals surface area (Å²) in [4.78, 5) is 29.8. The molecule has 0 aliphatic heterocycles. The molecule has 0 unspecified atom stereocenters. The third-order valence-electron chi connectivity index (χ3n) is 4.39. The summed E-state index contributed by atoms with van der Waals surface area (Å²) in [6, 6.07) is 12.3. The first-order chi connectivity index (χ1) is 14.6. The lowest BCUT2D eigenvalue weighted by Crippen LogP contribution is -2.20. The zero-order chi connectivity index (χ0) is 21.5. The number of esters is 1. The van der Waals surface area contributed by atoms with Crippen LogP contribution < -0.4 is 9.54 Å². The highest BCUT2D eigenvalue weighted by molar-refractivity contribution is 7.16. The van der Waals surface area contributed by atoms with E-state index in [1.807, 2.05) is 36.6 Å². The van der Waals surface area contributed by atoms with Crippen molar-refractivity contribution in [2.24, 2.45) is 4.99 Å². The first-order valence-corrected chi connectivity index (χ1v) is 10.5. The standard InChI is InChI=1S/C22H24N2O5S/c1-4-28-13-12-24-18-11-10-15(29-5-2)14-19(18)30-22(24)23-20(25)16-8-6-7-9-17(16)21(26)27-3/h6-11,14H,4-5,12-13H2,1-3H3. The number of ether oxygens (including phenoxy) is 3. The normalized spacial score (nSPS) is 11.6. The minimum absolute atomic E-state index is 0.189. The lowest BCUT2D eigenvalue weighted by molar-refractivity contribution is 0.0597. The highest BCUT2D eigenvalue weighted by atomic mass is 32.1. The number of amides is 1. The lowest BCUT2D eigenvalue weighted by atomic mass is 10.1. The molecule has 158 valence electrons. The summed E-state index contributed by atoms with van der Waals surface area (Å²) < 4.78 is 18.8. The molecule has 0 saturated carbocycles. The molecule has 3 aromatic rings. The van der Waals surface area contributed by atoms with E-state index in [1.165, 1.54) is 18.4 Å². The van der Waals surface area contributed by atoms with Gasteiger partial charge in [-0.1, -0.05) is 23.5 Å². The van der Waals surface area contributed by atoms with Crippen molar-refractivity contribution in [3.05, 3.63) is 58.4 Å². The van der Waals surface area contributed by atoms with Crippen molar-refractivity contribution in [1.29, 1.82) is 0 Å². The van der Waals surface area contributed by atoms with Crippen LogP contribution in [0, 0.1) is 0 Å². The Balaban J connectivity index is 2.09. The van der Waals surface area contributed by atoms with Crippen LogP contribution in [0.25, 0.3) is 10.2 Å². The van der Waals surface area contributed by atoms with Crippen LogP contribution in [0.1, 0.15) is 34.6 Å². The van der Waals surface area contributed by atoms with Gasteiger partial charge >= 0.3 is 5.97 Å². The second-order valence-corrected chi connectivity index (χ2v) is 7.26. The number of rotatable bonds is 8. The smallest absolute Gasteiger partial charge is 0.338 e. The fourth-order valence-corrected chi connectivity index (χ4v) is 4.10. The molecule has 0 N–H and O–H groups in total. The van der Waals surface area contributed by atoms with Crippen molar-refractivity contribution >= 4 is 33.4 Å². The quantitative estimate of drug-likeness (QED) is 0.404. The maximum atomic E-state index is 12.9. The number of carbonyl (C=O) groups is 2. The summed E-state index contributed by atoms with van der Waals surface area (Å²) in [5, 5.41) is 0. The molecule has 0 spiro atoms. The average molecular weight is 429 g/mol. The van der Waals surface area contributed by atoms with Gasteiger partial charge in [-0.15, -0.1) is 0 Å². The molecule has 0 fully saturated rings. The molecule has 0 atom stereocenters. The Hall–Kier alpha value is -2.97. The molecule has 0 aliphatic carbocycles. The molecule has 2 aromatic carbocycles. The fraction of sp³-hybridized carbons (Fsp3) is 0.318. The SMILES string of the molecule is CCOCCn1c(=NC(=O)c2ccccc2C(=O)OC)sc2cc(OCC)ccc21. The van der Waals surface area contributed by atoms with Gasteiger partial charge in [0, 0.05) is 13.2 Å². The first-order valence-electron chi connectivity index (χ1n) is 9.69. The van der Waals surface area contributed by atoms with Gasteiger partial charge in [-0.3, -0.25) is 4.79 Å². The van der Waals surface area contributed by atoms with Crippen LogP contribution in [-0.2, 0) is 16.0 Å². The Bertz CT molecular complexity index is 1120. The Morgan fingerprint density at radius 3 is 2.53 bits per heavy atom. The van der Waals surface area contributed by atoms with Gasteiger partial charge in [-0.2, -0.15) is 4.99 Å². The van der Waals surface area contributed by atoms with E-state index in [0.29, 0.717) is 31.2 Å². The maximum absolute atomic E-state index is 12.9. The van der Waals surface area contributed by atoms with Crippen molar-refractivity contribution in [3.63, 3.8) is 0 Å². The minimum atomic E-state index is -0.573. The van der Waals surface area contributed by atoms with E-state index < -0.39 is 11.9 Å². The largest absolute Gasteiger partial charge is 0.494 e. The number of hydrogen-bond donors (Lipinski definition) is 0. The van der Waals surface area contributed by atoms with Gasteiger partial charge in [-0.25, -0.2) is 4.79 Å². The van der Waals surface area contributed by atoms with E-state index in [1.54, 1.807) is 24.3 Å². The molecule has 0 aliphatic rings. The molecular formula is C22H24N2O5S. The van der Waals surface area contributed by atoms with E-state index in [9.17, 15) is 9.59 Å². The van der Waals surface area contributed by atoms with Gasteiger partial charge in [-0.05, 0) is 44.2 Å². The van der Waals surface area contributed by atoms with Crippen LogP contribution in [0.3, 0.4) is 0 Å². The lowest BCUT2D eigenvalue weighted by Gasteiger charge is -2.07. The van der Waals surface area contributed by atoms with Crippen molar-refractivity contribution in [3.8, 4) is 5.75 Å². The molecule has 7 nitrogen and oxygen atoms in total. The highest BCUT2D eigenvalue weighted by Gasteiger charge is 2.17. The molecule has 0 bridgehead atoms. The van der Waals surface area contributed by atoms with Crippen LogP contribution in [0.2, 0.25) is 0 Å². The van der Waals surface area contributed by atoms with Crippen molar-refractivity contribution in [2.45, 2.75) is 20.4 Å². The third-order valence-corrected chi connectivity index (χ3v) is 5.43. The second kappa shape index (κ2) is 10.2. The summed E-state index contributed by atoms with van der Waals surface area (Å²) in [6.07, 6.45) is 0. The zero-order valence-electron chi connectivity index (χ0n) is 17.2. The number of hydrogen-bond acceptors (Lipinski definition) is 6. The number of fused-ring (bicyclic) bond motifs is 1. The number of aromatic nitrogens is 1. The summed E-state index contributed by atoms with van der Waals surface area (Å²) in [5.74, 6) is -0.314. The highest BCUT2D eigenvalue weighted by Crippen LogP contribution is 2.23. The summed E-state index contributed by atoms with van der Waals surface area (Å²) in [5.41, 5.74) is 1.33. The topological polar surface area (TPSA) is 79.1 Å². The second-order valence-electron chi connectivity index (χ2n) is 6.25. The van der Waals surface area contributed by atoms with Crippen molar-refractivity contribution < 1.29 is 23.8 Å². The van der Waals surface area contributed by atoms with Crippen molar-refractivity contribution in [1.82, 2.24) is 4.57 Å². The van der Waals surface area contributed by atoms with Gasteiger partial charge in [0.05, 0.1) is 41.7 Å². The monoisotopic (exact) mass is 428 g/mol. The number of thiazole rings is 1. The van der Waals surface area contributed by atoms with Gasteiger partial charge in [0.25, 0.3) is 5.91 Å². The Morgan fingerprint density at radius 1 is 1.07 bits per heavy atom. The van der Waals surface area contributed by atoms with Gasteiger partial charge in [0.2, 0.25) is 0 Å². The molecule has 0 saturated heterocycles. The average Bonchev–Trinajstić information content (AvgIpc) is 3.09. The number of benzene rings is 2. The summed E-state index contributed by atoms with van der Waals surface area (Å²) in [6.45, 7) is 6.08. The Labute approximate surface area is 178 Å². The molecule has 0 radical (unpaired) electrons. The number of methoxy groups -OCH3 is 1. The number of nitrogens with zero attached hydrogens (tertiary/aromatic N) is 2. The first kappa shape index (κ1) is 21.7. The molecule has 1 amide bonds. The van der Waals surface area contributed by atoms with Crippen LogP contribution in [0.5, 0.6) is 5.75 Å². The predicted molar refractivity (Wildman–Crippen MR) is 115 cm³/mol. The predicted octanol–water partition coefficient (Wildman–Crippen LogP) is 3.67. The molecule has 30 heavy (non-hydrogen) atoms. The van der Waals surface area contributed by atoms with Crippen LogP contribution in [0.4, 0.5) is 0 Å². The van der Waals surface area contributed by atoms with Gasteiger partial charge < -0.3 is 18.8 Å². The van der Waals surface area contributed by atoms with E-state index >= 15 is 0 Å². The van der Waals surface area contributed by atoms with E-state index in [4.69, 9.17) is 14.2 Å². The van der Waals surface area contributed by atoms with E-state index in [2.05, 4.69) is 4.99 Å². The summed E-state index contributed by atoms with van der Waals surface area (Å²) >= 11 is 1.39.